The third-order valence-corrected chi connectivity index (χ3v) is 6.44. The zero-order valence-electron chi connectivity index (χ0n) is 15.3. The number of piperidine rings is 2. The van der Waals surface area contributed by atoms with E-state index in [4.69, 9.17) is 0 Å². The molecule has 1 aromatic heterocycles. The lowest BCUT2D eigenvalue weighted by molar-refractivity contribution is 0.0508. The number of hydrogen-bond acceptors (Lipinski definition) is 3. The lowest BCUT2D eigenvalue weighted by atomic mass is 9.84. The first-order valence-corrected chi connectivity index (χ1v) is 9.97. The van der Waals surface area contributed by atoms with Crippen LogP contribution in [0.1, 0.15) is 51.0 Å². The van der Waals surface area contributed by atoms with Gasteiger partial charge >= 0.3 is 6.03 Å². The molecular formula is C19H31N5O. The van der Waals surface area contributed by atoms with Crippen LogP contribution in [0.4, 0.5) is 4.79 Å². The number of nitrogens with zero attached hydrogens (tertiary/aromatic N) is 4. The molecule has 2 saturated heterocycles. The predicted molar refractivity (Wildman–Crippen MR) is 97.4 cm³/mol. The maximum absolute atomic E-state index is 13.1. The monoisotopic (exact) mass is 345 g/mol. The Morgan fingerprint density at radius 2 is 1.96 bits per heavy atom. The second-order valence-electron chi connectivity index (χ2n) is 8.11. The van der Waals surface area contributed by atoms with Gasteiger partial charge in [-0.05, 0) is 57.7 Å². The van der Waals surface area contributed by atoms with E-state index in [1.54, 1.807) is 0 Å². The topological polar surface area (TPSA) is 53.4 Å². The first kappa shape index (κ1) is 16.9. The van der Waals surface area contributed by atoms with Crippen molar-refractivity contribution < 1.29 is 4.79 Å². The van der Waals surface area contributed by atoms with Gasteiger partial charge in [0.05, 0.1) is 12.1 Å². The number of rotatable bonds is 2. The van der Waals surface area contributed by atoms with Gasteiger partial charge in [-0.25, -0.2) is 4.79 Å². The van der Waals surface area contributed by atoms with Crippen molar-refractivity contribution in [3.05, 3.63) is 18.5 Å². The van der Waals surface area contributed by atoms with Crippen LogP contribution in [0, 0.1) is 5.92 Å². The lowest BCUT2D eigenvalue weighted by Gasteiger charge is -2.47. The van der Waals surface area contributed by atoms with E-state index < -0.39 is 0 Å². The van der Waals surface area contributed by atoms with Crippen LogP contribution in [0.25, 0.3) is 0 Å². The summed E-state index contributed by atoms with van der Waals surface area (Å²) in [5.74, 6) is 0.645. The van der Waals surface area contributed by atoms with Crippen molar-refractivity contribution in [1.29, 1.82) is 0 Å². The minimum Gasteiger partial charge on any atom is -0.333 e. The van der Waals surface area contributed by atoms with Gasteiger partial charge in [-0.2, -0.15) is 5.10 Å². The highest BCUT2D eigenvalue weighted by Crippen LogP contribution is 2.32. The van der Waals surface area contributed by atoms with Gasteiger partial charge < -0.3 is 15.1 Å². The number of nitrogens with one attached hydrogen (secondary N) is 1. The Balaban J connectivity index is 1.43. The molecule has 2 amide bonds. The minimum absolute atomic E-state index is 0.156. The number of fused-ring (bicyclic) bond motifs is 1. The minimum atomic E-state index is 0.156. The second-order valence-corrected chi connectivity index (χ2v) is 8.11. The zero-order chi connectivity index (χ0) is 17.2. The molecule has 1 aliphatic carbocycles. The first-order chi connectivity index (χ1) is 12.2. The van der Waals surface area contributed by atoms with Crippen LogP contribution in [0.15, 0.2) is 18.5 Å². The average molecular weight is 345 g/mol. The van der Waals surface area contributed by atoms with Gasteiger partial charge in [0.25, 0.3) is 0 Å². The summed E-state index contributed by atoms with van der Waals surface area (Å²) in [6.07, 6.45) is 11.9. The van der Waals surface area contributed by atoms with Gasteiger partial charge in [0.2, 0.25) is 0 Å². The number of carbonyl (C=O) groups excluding carboxylic acids is 1. The highest BCUT2D eigenvalue weighted by atomic mass is 16.2. The Morgan fingerprint density at radius 1 is 1.08 bits per heavy atom. The van der Waals surface area contributed by atoms with Gasteiger partial charge in [-0.15, -0.1) is 0 Å². The standard InChI is InChI=1S/C19H31N5O/c1-22-13-9-17-15(14-22)6-4-11-23(17)19(25)21-16-7-2-3-8-18(16)24-12-5-10-20-24/h5,10,12,15-18H,2-4,6-9,11,13-14H2,1H3,(H,21,25)/t15-,16+,17-,18+/m1/s1. The molecule has 25 heavy (non-hydrogen) atoms. The number of carbonyl (C=O) groups is 1. The summed E-state index contributed by atoms with van der Waals surface area (Å²) in [7, 11) is 2.20. The number of likely N-dealkylation sites (tertiary alicyclic amines) is 2. The van der Waals surface area contributed by atoms with Crippen LogP contribution in [0.3, 0.4) is 0 Å². The molecule has 4 atom stereocenters. The molecule has 1 saturated carbocycles. The van der Waals surface area contributed by atoms with Gasteiger partial charge in [-0.1, -0.05) is 12.8 Å². The third kappa shape index (κ3) is 3.54. The molecule has 3 aliphatic rings. The van der Waals surface area contributed by atoms with Crippen LogP contribution in [-0.2, 0) is 0 Å². The number of urea groups is 1. The highest BCUT2D eigenvalue weighted by Gasteiger charge is 2.38. The van der Waals surface area contributed by atoms with Crippen LogP contribution < -0.4 is 5.32 Å². The van der Waals surface area contributed by atoms with Crippen LogP contribution in [0.2, 0.25) is 0 Å². The maximum Gasteiger partial charge on any atom is 0.317 e. The average Bonchev–Trinajstić information content (AvgIpc) is 3.16. The fourth-order valence-corrected chi connectivity index (χ4v) is 5.15. The maximum atomic E-state index is 13.1. The van der Waals surface area contributed by atoms with Gasteiger partial charge in [0.15, 0.2) is 0 Å². The number of amides is 2. The summed E-state index contributed by atoms with van der Waals surface area (Å²) in [5.41, 5.74) is 0. The summed E-state index contributed by atoms with van der Waals surface area (Å²) >= 11 is 0. The molecule has 1 N–H and O–H groups in total. The molecule has 138 valence electrons. The fraction of sp³-hybridized carbons (Fsp3) is 0.789. The van der Waals surface area contributed by atoms with Crippen molar-refractivity contribution in [2.24, 2.45) is 5.92 Å². The van der Waals surface area contributed by atoms with Crippen molar-refractivity contribution in [3.63, 3.8) is 0 Å². The molecule has 0 aromatic carbocycles. The smallest absolute Gasteiger partial charge is 0.317 e. The van der Waals surface area contributed by atoms with E-state index in [9.17, 15) is 4.79 Å². The lowest BCUT2D eigenvalue weighted by Crippen LogP contribution is -2.59. The number of hydrogen-bond donors (Lipinski definition) is 1. The van der Waals surface area contributed by atoms with Crippen LogP contribution in [-0.4, -0.2) is 64.4 Å². The quantitative estimate of drug-likeness (QED) is 0.896. The van der Waals surface area contributed by atoms with Crippen molar-refractivity contribution in [2.75, 3.05) is 26.7 Å². The van der Waals surface area contributed by atoms with E-state index in [0.717, 1.165) is 45.3 Å². The van der Waals surface area contributed by atoms with E-state index in [1.807, 2.05) is 23.1 Å². The fourth-order valence-electron chi connectivity index (χ4n) is 5.15. The third-order valence-electron chi connectivity index (χ3n) is 6.44. The predicted octanol–water partition coefficient (Wildman–Crippen LogP) is 2.49. The molecule has 0 spiro atoms. The molecule has 3 fully saturated rings. The van der Waals surface area contributed by atoms with E-state index in [2.05, 4.69) is 27.3 Å². The van der Waals surface area contributed by atoms with Gasteiger partial charge in [0, 0.05) is 31.5 Å². The summed E-state index contributed by atoms with van der Waals surface area (Å²) in [6.45, 7) is 3.15. The van der Waals surface area contributed by atoms with E-state index in [1.165, 1.54) is 19.3 Å². The molecule has 0 unspecified atom stereocenters. The number of aromatic nitrogens is 2. The zero-order valence-corrected chi connectivity index (χ0v) is 15.3. The van der Waals surface area contributed by atoms with Crippen molar-refractivity contribution in [2.45, 2.75) is 63.1 Å². The van der Waals surface area contributed by atoms with Crippen molar-refractivity contribution in [3.8, 4) is 0 Å². The molecule has 2 aliphatic heterocycles. The molecule has 3 heterocycles. The largest absolute Gasteiger partial charge is 0.333 e. The van der Waals surface area contributed by atoms with E-state index >= 15 is 0 Å². The summed E-state index contributed by atoms with van der Waals surface area (Å²) in [4.78, 5) is 17.7. The van der Waals surface area contributed by atoms with Gasteiger partial charge in [-0.3, -0.25) is 4.68 Å². The molecule has 4 rings (SSSR count). The molecular weight excluding hydrogens is 314 g/mol. The molecule has 1 aromatic rings. The van der Waals surface area contributed by atoms with Crippen LogP contribution >= 0.6 is 0 Å². The van der Waals surface area contributed by atoms with E-state index in [0.29, 0.717) is 18.0 Å². The normalized spacial score (nSPS) is 33.7. The Morgan fingerprint density at radius 3 is 2.80 bits per heavy atom. The molecule has 6 heteroatoms. The first-order valence-electron chi connectivity index (χ1n) is 9.97. The van der Waals surface area contributed by atoms with Crippen LogP contribution in [0.5, 0.6) is 0 Å². The summed E-state index contributed by atoms with van der Waals surface area (Å²) in [5, 5.41) is 7.81. The SMILES string of the molecule is CN1CC[C@@H]2[C@H](CCCN2C(=O)N[C@H]2CCCC[C@@H]2n2cccn2)C1. The Labute approximate surface area is 150 Å². The second kappa shape index (κ2) is 7.36. The van der Waals surface area contributed by atoms with E-state index in [-0.39, 0.29) is 12.1 Å². The Kier molecular flexibility index (Phi) is 4.97. The van der Waals surface area contributed by atoms with Crippen molar-refractivity contribution >= 4 is 6.03 Å². The Hall–Kier alpha value is -1.56. The van der Waals surface area contributed by atoms with Crippen molar-refractivity contribution in [1.82, 2.24) is 24.9 Å². The summed E-state index contributed by atoms with van der Waals surface area (Å²) < 4.78 is 2.04. The highest BCUT2D eigenvalue weighted by molar-refractivity contribution is 5.75. The molecule has 6 nitrogen and oxygen atoms in total. The molecule has 0 radical (unpaired) electrons. The molecule has 0 bridgehead atoms. The van der Waals surface area contributed by atoms with Gasteiger partial charge in [0.1, 0.15) is 0 Å². The summed E-state index contributed by atoms with van der Waals surface area (Å²) in [6, 6.07) is 3.06. The Bertz CT molecular complexity index is 574.